The van der Waals surface area contributed by atoms with Gasteiger partial charge in [0.1, 0.15) is 6.04 Å². The molecule has 0 bridgehead atoms. The largest absolute Gasteiger partial charge is 0.493 e. The van der Waals surface area contributed by atoms with Crippen molar-refractivity contribution < 1.29 is 37.3 Å². The van der Waals surface area contributed by atoms with Crippen molar-refractivity contribution in [1.82, 2.24) is 4.90 Å². The minimum Gasteiger partial charge on any atom is -0.493 e. The molecule has 2 aromatic rings. The van der Waals surface area contributed by atoms with Gasteiger partial charge in [-0.15, -0.1) is 0 Å². The molecule has 2 unspecified atom stereocenters. The lowest BCUT2D eigenvalue weighted by Crippen LogP contribution is -2.39. The number of aliphatic carboxylic acids is 1. The van der Waals surface area contributed by atoms with E-state index in [1.807, 2.05) is 0 Å². The van der Waals surface area contributed by atoms with Gasteiger partial charge in [-0.2, -0.15) is 13.2 Å². The van der Waals surface area contributed by atoms with E-state index in [2.05, 4.69) is 0 Å². The SMILES string of the molecule is COc1ccc(C(c2ccc(C(F)(F)F)cc2)N2CCCC2C(=O)O)c(OC)c1OC. The minimum absolute atomic E-state index is 0.325. The van der Waals surface area contributed by atoms with Crippen molar-refractivity contribution in [2.45, 2.75) is 31.1 Å². The first-order valence-corrected chi connectivity index (χ1v) is 9.67. The van der Waals surface area contributed by atoms with Gasteiger partial charge in [-0.3, -0.25) is 9.69 Å². The highest BCUT2D eigenvalue weighted by Gasteiger charge is 2.39. The van der Waals surface area contributed by atoms with E-state index in [1.54, 1.807) is 17.0 Å². The van der Waals surface area contributed by atoms with E-state index in [4.69, 9.17) is 14.2 Å². The van der Waals surface area contributed by atoms with Crippen molar-refractivity contribution in [3.63, 3.8) is 0 Å². The predicted molar refractivity (Wildman–Crippen MR) is 107 cm³/mol. The number of ether oxygens (including phenoxy) is 3. The molecule has 2 aromatic carbocycles. The first kappa shape index (κ1) is 22.7. The van der Waals surface area contributed by atoms with Crippen LogP contribution in [0.15, 0.2) is 36.4 Å². The Morgan fingerprint density at radius 1 is 1.03 bits per heavy atom. The Bertz CT molecular complexity index is 930. The third kappa shape index (κ3) is 4.41. The highest BCUT2D eigenvalue weighted by Crippen LogP contribution is 2.47. The highest BCUT2D eigenvalue weighted by molar-refractivity contribution is 5.74. The lowest BCUT2D eigenvalue weighted by Gasteiger charge is -2.33. The maximum Gasteiger partial charge on any atom is 0.416 e. The van der Waals surface area contributed by atoms with Crippen LogP contribution in [-0.2, 0) is 11.0 Å². The van der Waals surface area contributed by atoms with Crippen LogP contribution in [0.1, 0.15) is 35.6 Å². The third-order valence-electron chi connectivity index (χ3n) is 5.49. The van der Waals surface area contributed by atoms with Gasteiger partial charge in [-0.25, -0.2) is 0 Å². The second kappa shape index (κ2) is 9.05. The number of hydrogen-bond donors (Lipinski definition) is 1. The number of halogens is 3. The summed E-state index contributed by atoms with van der Waals surface area (Å²) in [5.41, 5.74) is 0.324. The summed E-state index contributed by atoms with van der Waals surface area (Å²) in [7, 11) is 4.38. The van der Waals surface area contributed by atoms with E-state index < -0.39 is 29.8 Å². The number of benzene rings is 2. The first-order chi connectivity index (χ1) is 14.7. The molecule has 31 heavy (non-hydrogen) atoms. The van der Waals surface area contributed by atoms with Crippen molar-refractivity contribution in [3.8, 4) is 17.2 Å². The van der Waals surface area contributed by atoms with Crippen LogP contribution in [0.25, 0.3) is 0 Å². The number of carboxylic acids is 1. The molecule has 2 atom stereocenters. The Hall–Kier alpha value is -2.94. The zero-order valence-electron chi connectivity index (χ0n) is 17.4. The molecule has 0 aromatic heterocycles. The maximum atomic E-state index is 13.1. The molecule has 0 radical (unpaired) electrons. The second-order valence-corrected chi connectivity index (χ2v) is 7.18. The van der Waals surface area contributed by atoms with E-state index >= 15 is 0 Å². The number of likely N-dealkylation sites (tertiary alicyclic amines) is 1. The molecule has 1 aliphatic heterocycles. The molecule has 1 heterocycles. The fourth-order valence-electron chi connectivity index (χ4n) is 4.11. The summed E-state index contributed by atoms with van der Waals surface area (Å²) in [4.78, 5) is 13.6. The van der Waals surface area contributed by atoms with Gasteiger partial charge in [0.15, 0.2) is 11.5 Å². The first-order valence-electron chi connectivity index (χ1n) is 9.67. The Balaban J connectivity index is 2.19. The molecule has 1 aliphatic rings. The molecule has 0 aliphatic carbocycles. The Morgan fingerprint density at radius 3 is 2.19 bits per heavy atom. The summed E-state index contributed by atoms with van der Waals surface area (Å²) in [6, 6.07) is 6.72. The van der Waals surface area contributed by atoms with E-state index in [1.165, 1.54) is 33.5 Å². The van der Waals surface area contributed by atoms with Crippen LogP contribution >= 0.6 is 0 Å². The number of carbonyl (C=O) groups is 1. The molecule has 3 rings (SSSR count). The highest BCUT2D eigenvalue weighted by atomic mass is 19.4. The fourth-order valence-corrected chi connectivity index (χ4v) is 4.11. The topological polar surface area (TPSA) is 68.2 Å². The molecule has 9 heteroatoms. The average molecular weight is 439 g/mol. The van der Waals surface area contributed by atoms with Gasteiger partial charge in [-0.05, 0) is 42.7 Å². The van der Waals surface area contributed by atoms with Crippen molar-refractivity contribution in [3.05, 3.63) is 53.1 Å². The van der Waals surface area contributed by atoms with Gasteiger partial charge in [0.2, 0.25) is 5.75 Å². The van der Waals surface area contributed by atoms with Gasteiger partial charge < -0.3 is 19.3 Å². The number of carboxylic acid groups (broad SMARTS) is 1. The van der Waals surface area contributed by atoms with Crippen LogP contribution in [0.5, 0.6) is 17.2 Å². The summed E-state index contributed by atoms with van der Waals surface area (Å²) in [6.07, 6.45) is -3.36. The zero-order chi connectivity index (χ0) is 22.8. The van der Waals surface area contributed by atoms with Crippen LogP contribution in [0.2, 0.25) is 0 Å². The maximum absolute atomic E-state index is 13.1. The van der Waals surface area contributed by atoms with Crippen LogP contribution in [-0.4, -0.2) is 49.9 Å². The van der Waals surface area contributed by atoms with Crippen molar-refractivity contribution in [2.24, 2.45) is 0 Å². The van der Waals surface area contributed by atoms with Crippen LogP contribution in [0, 0.1) is 0 Å². The second-order valence-electron chi connectivity index (χ2n) is 7.18. The smallest absolute Gasteiger partial charge is 0.416 e. The van der Waals surface area contributed by atoms with E-state index in [9.17, 15) is 23.1 Å². The number of nitrogens with zero attached hydrogens (tertiary/aromatic N) is 1. The normalized spacial score (nSPS) is 17.9. The molecule has 1 N–H and O–H groups in total. The molecule has 0 amide bonds. The van der Waals surface area contributed by atoms with E-state index in [0.29, 0.717) is 47.8 Å². The quantitative estimate of drug-likeness (QED) is 0.691. The van der Waals surface area contributed by atoms with Crippen molar-refractivity contribution >= 4 is 5.97 Å². The van der Waals surface area contributed by atoms with Crippen LogP contribution in [0.4, 0.5) is 13.2 Å². The molecular weight excluding hydrogens is 415 g/mol. The molecular formula is C22H24F3NO5. The molecule has 1 saturated heterocycles. The van der Waals surface area contributed by atoms with Crippen LogP contribution < -0.4 is 14.2 Å². The minimum atomic E-state index is -4.47. The van der Waals surface area contributed by atoms with Gasteiger partial charge in [-0.1, -0.05) is 12.1 Å². The van der Waals surface area contributed by atoms with E-state index in [-0.39, 0.29) is 0 Å². The van der Waals surface area contributed by atoms with Gasteiger partial charge in [0.25, 0.3) is 0 Å². The number of rotatable bonds is 7. The molecule has 1 fully saturated rings. The van der Waals surface area contributed by atoms with Crippen molar-refractivity contribution in [2.75, 3.05) is 27.9 Å². The number of hydrogen-bond acceptors (Lipinski definition) is 5. The third-order valence-corrected chi connectivity index (χ3v) is 5.49. The monoisotopic (exact) mass is 439 g/mol. The summed E-state index contributed by atoms with van der Waals surface area (Å²) in [5, 5.41) is 9.72. The summed E-state index contributed by atoms with van der Waals surface area (Å²) in [5.74, 6) is 0.104. The summed E-state index contributed by atoms with van der Waals surface area (Å²) >= 11 is 0. The number of alkyl halides is 3. The predicted octanol–water partition coefficient (Wildman–Crippen LogP) is 4.37. The Morgan fingerprint density at radius 2 is 1.68 bits per heavy atom. The lowest BCUT2D eigenvalue weighted by atomic mass is 9.94. The zero-order valence-corrected chi connectivity index (χ0v) is 17.4. The fraction of sp³-hybridized carbons (Fsp3) is 0.409. The van der Waals surface area contributed by atoms with Gasteiger partial charge in [0, 0.05) is 12.1 Å². The molecule has 6 nitrogen and oxygen atoms in total. The van der Waals surface area contributed by atoms with Gasteiger partial charge >= 0.3 is 12.1 Å². The standard InChI is InChI=1S/C22H24F3NO5/c1-29-17-11-10-15(19(30-2)20(17)31-3)18(26-12-4-5-16(26)21(27)28)13-6-8-14(9-7-13)22(23,24)25/h6-11,16,18H,4-5,12H2,1-3H3,(H,27,28). The van der Waals surface area contributed by atoms with Crippen LogP contribution in [0.3, 0.4) is 0 Å². The average Bonchev–Trinajstić information content (AvgIpc) is 3.22. The van der Waals surface area contributed by atoms with E-state index in [0.717, 1.165) is 12.1 Å². The van der Waals surface area contributed by atoms with Crippen molar-refractivity contribution in [1.29, 1.82) is 0 Å². The summed E-state index contributed by atoms with van der Waals surface area (Å²) in [6.45, 7) is 0.472. The Kier molecular flexibility index (Phi) is 6.64. The number of methoxy groups -OCH3 is 3. The van der Waals surface area contributed by atoms with Gasteiger partial charge in [0.05, 0.1) is 32.9 Å². The lowest BCUT2D eigenvalue weighted by molar-refractivity contribution is -0.142. The molecule has 0 saturated carbocycles. The Labute approximate surface area is 178 Å². The molecule has 168 valence electrons. The summed E-state index contributed by atoms with van der Waals surface area (Å²) < 4.78 is 55.6. The molecule has 0 spiro atoms.